The average Bonchev–Trinajstić information content (AvgIpc) is 2.89. The Morgan fingerprint density at radius 2 is 2.00 bits per heavy atom. The van der Waals surface area contributed by atoms with Crippen LogP contribution in [-0.2, 0) is 19.5 Å². The third kappa shape index (κ3) is 5.19. The quantitative estimate of drug-likeness (QED) is 0.460. The van der Waals surface area contributed by atoms with E-state index in [1.165, 1.54) is 51.6 Å². The smallest absolute Gasteiger partial charge is 0.191 e. The third-order valence-electron chi connectivity index (χ3n) is 5.68. The maximum Gasteiger partial charge on any atom is 0.191 e. The van der Waals surface area contributed by atoms with Gasteiger partial charge in [0.1, 0.15) is 5.82 Å². The van der Waals surface area contributed by atoms with Gasteiger partial charge in [-0.25, -0.2) is 0 Å². The van der Waals surface area contributed by atoms with Crippen molar-refractivity contribution in [3.8, 4) is 0 Å². The largest absolute Gasteiger partial charge is 0.356 e. The van der Waals surface area contributed by atoms with Crippen molar-refractivity contribution in [2.24, 2.45) is 4.99 Å². The topological polar surface area (TPSA) is 70.4 Å². The zero-order chi connectivity index (χ0) is 18.2. The number of aryl methyl sites for hydroxylation is 1. The fraction of sp³-hybridized carbons (Fsp3) is 0.842. The Bertz CT molecular complexity index is 580. The second-order valence-electron chi connectivity index (χ2n) is 7.58. The number of likely N-dealkylation sites (tertiary alicyclic amines) is 1. The molecule has 2 aliphatic rings. The van der Waals surface area contributed by atoms with E-state index in [1.54, 1.807) is 0 Å². The molecule has 1 atom stereocenters. The molecule has 0 aromatic carbocycles. The molecular formula is C19H35N7. The predicted molar refractivity (Wildman–Crippen MR) is 105 cm³/mol. The van der Waals surface area contributed by atoms with Gasteiger partial charge >= 0.3 is 0 Å². The summed E-state index contributed by atoms with van der Waals surface area (Å²) >= 11 is 0. The standard InChI is InChI=1S/C19H35N7/c1-16-9-5-7-12-25(16)13-8-11-21-19(20-2)22-15-18-24-23-17-10-4-3-6-14-26(17)18/h16H,3-15H2,1-2H3,(H2,20,21,22). The van der Waals surface area contributed by atoms with Gasteiger partial charge in [-0.2, -0.15) is 0 Å². The average molecular weight is 362 g/mol. The monoisotopic (exact) mass is 361 g/mol. The summed E-state index contributed by atoms with van der Waals surface area (Å²) in [6.45, 7) is 7.44. The van der Waals surface area contributed by atoms with E-state index in [9.17, 15) is 0 Å². The number of aliphatic imine (C=N–C) groups is 1. The number of nitrogens with zero attached hydrogens (tertiary/aromatic N) is 5. The Hall–Kier alpha value is -1.63. The lowest BCUT2D eigenvalue weighted by Crippen LogP contribution is -2.41. The highest BCUT2D eigenvalue weighted by molar-refractivity contribution is 5.79. The summed E-state index contributed by atoms with van der Waals surface area (Å²) in [6.07, 6.45) is 10.0. The van der Waals surface area contributed by atoms with Crippen LogP contribution in [0.5, 0.6) is 0 Å². The number of nitrogens with one attached hydrogen (secondary N) is 2. The number of aromatic nitrogens is 3. The first-order valence-electron chi connectivity index (χ1n) is 10.4. The SMILES string of the molecule is CN=C(NCCCN1CCCCC1C)NCc1nnc2n1CCCCC2. The minimum absolute atomic E-state index is 0.676. The first-order chi connectivity index (χ1) is 12.8. The summed E-state index contributed by atoms with van der Waals surface area (Å²) in [6, 6.07) is 0.740. The van der Waals surface area contributed by atoms with Crippen molar-refractivity contribution in [2.75, 3.05) is 26.7 Å². The summed E-state index contributed by atoms with van der Waals surface area (Å²) in [5.41, 5.74) is 0. The number of piperidine rings is 1. The summed E-state index contributed by atoms with van der Waals surface area (Å²) in [5.74, 6) is 3.01. The minimum atomic E-state index is 0.676. The molecule has 3 heterocycles. The van der Waals surface area contributed by atoms with Crippen LogP contribution in [0.15, 0.2) is 4.99 Å². The zero-order valence-electron chi connectivity index (χ0n) is 16.5. The van der Waals surface area contributed by atoms with Gasteiger partial charge in [0.2, 0.25) is 0 Å². The van der Waals surface area contributed by atoms with Crippen LogP contribution < -0.4 is 10.6 Å². The van der Waals surface area contributed by atoms with Crippen LogP contribution in [0.4, 0.5) is 0 Å². The first-order valence-corrected chi connectivity index (χ1v) is 10.4. The highest BCUT2D eigenvalue weighted by atomic mass is 15.3. The molecule has 2 N–H and O–H groups in total. The van der Waals surface area contributed by atoms with Gasteiger partial charge in [-0.15, -0.1) is 10.2 Å². The molecule has 0 spiro atoms. The molecule has 0 amide bonds. The van der Waals surface area contributed by atoms with E-state index in [2.05, 4.69) is 42.2 Å². The molecule has 1 fully saturated rings. The molecule has 7 nitrogen and oxygen atoms in total. The van der Waals surface area contributed by atoms with E-state index < -0.39 is 0 Å². The van der Waals surface area contributed by atoms with Gasteiger partial charge in [0.15, 0.2) is 11.8 Å². The van der Waals surface area contributed by atoms with Gasteiger partial charge in [0.25, 0.3) is 0 Å². The van der Waals surface area contributed by atoms with Gasteiger partial charge in [-0.05, 0) is 45.6 Å². The summed E-state index contributed by atoms with van der Waals surface area (Å²) in [5, 5.41) is 15.6. The van der Waals surface area contributed by atoms with Gasteiger partial charge in [0, 0.05) is 39.1 Å². The Morgan fingerprint density at radius 1 is 1.12 bits per heavy atom. The molecule has 0 radical (unpaired) electrons. The second kappa shape index (κ2) is 9.90. The summed E-state index contributed by atoms with van der Waals surface area (Å²) < 4.78 is 2.28. The van der Waals surface area contributed by atoms with Crippen molar-refractivity contribution in [1.82, 2.24) is 30.3 Å². The zero-order valence-corrected chi connectivity index (χ0v) is 16.5. The van der Waals surface area contributed by atoms with Crippen molar-refractivity contribution < 1.29 is 0 Å². The van der Waals surface area contributed by atoms with Crippen LogP contribution in [0.1, 0.15) is 63.5 Å². The summed E-state index contributed by atoms with van der Waals surface area (Å²) in [4.78, 5) is 6.96. The lowest BCUT2D eigenvalue weighted by molar-refractivity contribution is 0.159. The molecule has 0 aliphatic carbocycles. The molecule has 0 saturated carbocycles. The van der Waals surface area contributed by atoms with E-state index >= 15 is 0 Å². The number of hydrogen-bond acceptors (Lipinski definition) is 4. The van der Waals surface area contributed by atoms with Gasteiger partial charge < -0.3 is 20.1 Å². The molecule has 1 unspecified atom stereocenters. The van der Waals surface area contributed by atoms with Crippen molar-refractivity contribution in [2.45, 2.75) is 77.4 Å². The lowest BCUT2D eigenvalue weighted by atomic mass is 10.0. The molecular weight excluding hydrogens is 326 g/mol. The highest BCUT2D eigenvalue weighted by Crippen LogP contribution is 2.16. The Balaban J connectivity index is 1.39. The minimum Gasteiger partial charge on any atom is -0.356 e. The summed E-state index contributed by atoms with van der Waals surface area (Å²) in [7, 11) is 1.83. The maximum absolute atomic E-state index is 4.37. The van der Waals surface area contributed by atoms with Crippen LogP contribution in [0.3, 0.4) is 0 Å². The van der Waals surface area contributed by atoms with E-state index in [4.69, 9.17) is 0 Å². The predicted octanol–water partition coefficient (Wildman–Crippen LogP) is 1.93. The normalized spacial score (nSPS) is 21.9. The molecule has 7 heteroatoms. The van der Waals surface area contributed by atoms with Crippen molar-refractivity contribution in [1.29, 1.82) is 0 Å². The van der Waals surface area contributed by atoms with Gasteiger partial charge in [-0.3, -0.25) is 4.99 Å². The maximum atomic E-state index is 4.37. The third-order valence-corrected chi connectivity index (χ3v) is 5.68. The molecule has 1 aromatic rings. The van der Waals surface area contributed by atoms with Crippen LogP contribution in [0, 0.1) is 0 Å². The molecule has 0 bridgehead atoms. The van der Waals surface area contributed by atoms with Gasteiger partial charge in [0.05, 0.1) is 6.54 Å². The molecule has 146 valence electrons. The van der Waals surface area contributed by atoms with Crippen molar-refractivity contribution in [3.05, 3.63) is 11.6 Å². The Kier molecular flexibility index (Phi) is 7.29. The van der Waals surface area contributed by atoms with Crippen LogP contribution in [-0.4, -0.2) is 58.3 Å². The lowest BCUT2D eigenvalue weighted by Gasteiger charge is -2.33. The van der Waals surface area contributed by atoms with E-state index in [1.807, 2.05) is 7.05 Å². The number of hydrogen-bond donors (Lipinski definition) is 2. The van der Waals surface area contributed by atoms with Crippen molar-refractivity contribution >= 4 is 5.96 Å². The molecule has 2 aliphatic heterocycles. The van der Waals surface area contributed by atoms with Gasteiger partial charge in [-0.1, -0.05) is 12.8 Å². The van der Waals surface area contributed by atoms with E-state index in [0.29, 0.717) is 6.54 Å². The van der Waals surface area contributed by atoms with E-state index in [0.717, 1.165) is 49.6 Å². The molecule has 3 rings (SSSR count). The fourth-order valence-corrected chi connectivity index (χ4v) is 4.04. The van der Waals surface area contributed by atoms with Crippen molar-refractivity contribution in [3.63, 3.8) is 0 Å². The highest BCUT2D eigenvalue weighted by Gasteiger charge is 2.17. The molecule has 1 aromatic heterocycles. The number of fused-ring (bicyclic) bond motifs is 1. The Labute approximate surface area is 157 Å². The van der Waals surface area contributed by atoms with Crippen LogP contribution in [0.2, 0.25) is 0 Å². The first kappa shape index (κ1) is 19.1. The Morgan fingerprint density at radius 3 is 2.85 bits per heavy atom. The fourth-order valence-electron chi connectivity index (χ4n) is 4.04. The number of rotatable bonds is 6. The van der Waals surface area contributed by atoms with Crippen LogP contribution >= 0.6 is 0 Å². The molecule has 26 heavy (non-hydrogen) atoms. The second-order valence-corrected chi connectivity index (χ2v) is 7.58. The number of guanidine groups is 1. The molecule has 1 saturated heterocycles. The van der Waals surface area contributed by atoms with E-state index in [-0.39, 0.29) is 0 Å². The van der Waals surface area contributed by atoms with Crippen LogP contribution in [0.25, 0.3) is 0 Å².